The minimum Gasteiger partial charge on any atom is -0.378 e. The average Bonchev–Trinajstić information content (AvgIpc) is 2.22. The van der Waals surface area contributed by atoms with Crippen LogP contribution < -0.4 is 0 Å². The molecule has 0 aliphatic heterocycles. The fraction of sp³-hybridized carbons (Fsp3) is 0.400. The van der Waals surface area contributed by atoms with Gasteiger partial charge in [-0.3, -0.25) is 0 Å². The molecule has 94 valence electrons. The van der Waals surface area contributed by atoms with E-state index in [4.69, 9.17) is 0 Å². The second-order valence-electron chi connectivity index (χ2n) is 5.03. The molecular weight excluding hydrogens is 226 g/mol. The molecule has 2 N–H and O–H groups in total. The van der Waals surface area contributed by atoms with E-state index in [1.165, 1.54) is 0 Å². The second-order valence-corrected chi connectivity index (χ2v) is 5.03. The molecule has 0 saturated carbocycles. The quantitative estimate of drug-likeness (QED) is 0.676. The van der Waals surface area contributed by atoms with Crippen molar-refractivity contribution in [2.75, 3.05) is 0 Å². The van der Waals surface area contributed by atoms with Gasteiger partial charge < -0.3 is 10.2 Å². The van der Waals surface area contributed by atoms with Gasteiger partial charge in [-0.15, -0.1) is 0 Å². The lowest BCUT2D eigenvalue weighted by Crippen LogP contribution is -2.14. The molecule has 3 heteroatoms. The van der Waals surface area contributed by atoms with E-state index in [-0.39, 0.29) is 0 Å². The largest absolute Gasteiger partial charge is 0.378 e. The van der Waals surface area contributed by atoms with Crippen molar-refractivity contribution in [3.05, 3.63) is 29.6 Å². The molecular formula is C15H17NO2. The minimum absolute atomic E-state index is 0.541. The SMILES string of the molecule is CC(C)(O)C#Cc1cccc(C#CC(C)(C)O)n1. The molecule has 0 unspecified atom stereocenters. The lowest BCUT2D eigenvalue weighted by molar-refractivity contribution is 0.143. The maximum absolute atomic E-state index is 9.50. The van der Waals surface area contributed by atoms with Crippen molar-refractivity contribution in [1.82, 2.24) is 4.98 Å². The Morgan fingerprint density at radius 3 is 1.61 bits per heavy atom. The van der Waals surface area contributed by atoms with Crippen molar-refractivity contribution in [3.8, 4) is 23.7 Å². The van der Waals surface area contributed by atoms with Crippen LogP contribution in [-0.4, -0.2) is 26.4 Å². The summed E-state index contributed by atoms with van der Waals surface area (Å²) < 4.78 is 0. The van der Waals surface area contributed by atoms with E-state index in [1.54, 1.807) is 45.9 Å². The van der Waals surface area contributed by atoms with Gasteiger partial charge in [-0.05, 0) is 51.7 Å². The van der Waals surface area contributed by atoms with Crippen molar-refractivity contribution >= 4 is 0 Å². The zero-order valence-electron chi connectivity index (χ0n) is 11.1. The van der Waals surface area contributed by atoms with Gasteiger partial charge in [-0.1, -0.05) is 17.9 Å². The lowest BCUT2D eigenvalue weighted by atomic mass is 10.1. The maximum Gasteiger partial charge on any atom is 0.120 e. The Morgan fingerprint density at radius 1 is 0.889 bits per heavy atom. The number of aliphatic hydroxyl groups is 2. The Bertz CT molecular complexity index is 493. The van der Waals surface area contributed by atoms with E-state index < -0.39 is 11.2 Å². The topological polar surface area (TPSA) is 53.4 Å². The van der Waals surface area contributed by atoms with E-state index in [9.17, 15) is 10.2 Å². The molecule has 0 saturated heterocycles. The summed E-state index contributed by atoms with van der Waals surface area (Å²) in [4.78, 5) is 4.21. The van der Waals surface area contributed by atoms with E-state index >= 15 is 0 Å². The van der Waals surface area contributed by atoms with Crippen molar-refractivity contribution in [1.29, 1.82) is 0 Å². The summed E-state index contributed by atoms with van der Waals surface area (Å²) in [5.74, 6) is 10.9. The molecule has 18 heavy (non-hydrogen) atoms. The highest BCUT2D eigenvalue weighted by Crippen LogP contribution is 2.02. The zero-order chi connectivity index (χ0) is 13.8. The Hall–Kier alpha value is -1.81. The van der Waals surface area contributed by atoms with Crippen LogP contribution in [-0.2, 0) is 0 Å². The van der Waals surface area contributed by atoms with Crippen molar-refractivity contribution in [2.45, 2.75) is 38.9 Å². The molecule has 0 spiro atoms. The molecule has 0 amide bonds. The molecule has 1 aromatic rings. The first-order chi connectivity index (χ1) is 8.16. The fourth-order valence-corrected chi connectivity index (χ4v) is 1.01. The van der Waals surface area contributed by atoms with E-state index in [0.717, 1.165) is 0 Å². The predicted octanol–water partition coefficient (Wildman–Crippen LogP) is 1.33. The van der Waals surface area contributed by atoms with Gasteiger partial charge in [0.1, 0.15) is 22.6 Å². The highest BCUT2D eigenvalue weighted by molar-refractivity contribution is 5.36. The number of nitrogens with zero attached hydrogens (tertiary/aromatic N) is 1. The summed E-state index contributed by atoms with van der Waals surface area (Å²) in [5, 5.41) is 19.0. The molecule has 1 aromatic heterocycles. The van der Waals surface area contributed by atoms with Crippen LogP contribution >= 0.6 is 0 Å². The van der Waals surface area contributed by atoms with Gasteiger partial charge >= 0.3 is 0 Å². The summed E-state index contributed by atoms with van der Waals surface area (Å²) in [5.41, 5.74) is -1.01. The van der Waals surface area contributed by atoms with Gasteiger partial charge in [0.25, 0.3) is 0 Å². The number of hydrogen-bond acceptors (Lipinski definition) is 3. The standard InChI is InChI=1S/C15H17NO2/c1-14(2,17)10-8-12-6-5-7-13(16-12)9-11-15(3,4)18/h5-7,17-18H,1-4H3. The first kappa shape index (κ1) is 14.3. The molecule has 0 bridgehead atoms. The monoisotopic (exact) mass is 243 g/mol. The summed E-state index contributed by atoms with van der Waals surface area (Å²) in [6.07, 6.45) is 0. The number of aromatic nitrogens is 1. The fourth-order valence-electron chi connectivity index (χ4n) is 1.01. The molecule has 0 aromatic carbocycles. The summed E-state index contributed by atoms with van der Waals surface area (Å²) in [6.45, 7) is 6.44. The molecule has 0 radical (unpaired) electrons. The second kappa shape index (κ2) is 5.23. The van der Waals surface area contributed by atoms with Gasteiger partial charge in [0, 0.05) is 0 Å². The Balaban J connectivity index is 2.99. The van der Waals surface area contributed by atoms with Crippen LogP contribution in [0.25, 0.3) is 0 Å². The van der Waals surface area contributed by atoms with Crippen molar-refractivity contribution < 1.29 is 10.2 Å². The summed E-state index contributed by atoms with van der Waals surface area (Å²) in [7, 11) is 0. The van der Waals surface area contributed by atoms with E-state index in [0.29, 0.717) is 11.4 Å². The van der Waals surface area contributed by atoms with E-state index in [2.05, 4.69) is 28.7 Å². The Morgan fingerprint density at radius 2 is 1.28 bits per heavy atom. The van der Waals surface area contributed by atoms with Gasteiger partial charge in [0.15, 0.2) is 0 Å². The summed E-state index contributed by atoms with van der Waals surface area (Å²) in [6, 6.07) is 5.28. The molecule has 0 aliphatic carbocycles. The highest BCUT2D eigenvalue weighted by atomic mass is 16.3. The normalized spacial score (nSPS) is 11.0. The highest BCUT2D eigenvalue weighted by Gasteiger charge is 2.07. The van der Waals surface area contributed by atoms with Crippen LogP contribution in [0.5, 0.6) is 0 Å². The molecule has 0 aliphatic rings. The first-order valence-electron chi connectivity index (χ1n) is 5.64. The first-order valence-corrected chi connectivity index (χ1v) is 5.64. The van der Waals surface area contributed by atoms with Crippen LogP contribution in [0.2, 0.25) is 0 Å². The Labute approximate surface area is 108 Å². The number of rotatable bonds is 0. The van der Waals surface area contributed by atoms with Crippen LogP contribution in [0.3, 0.4) is 0 Å². The molecule has 1 rings (SSSR count). The van der Waals surface area contributed by atoms with Crippen molar-refractivity contribution in [3.63, 3.8) is 0 Å². The summed E-state index contributed by atoms with van der Waals surface area (Å²) >= 11 is 0. The molecule has 0 fully saturated rings. The van der Waals surface area contributed by atoms with Gasteiger partial charge in [-0.2, -0.15) is 0 Å². The van der Waals surface area contributed by atoms with Crippen LogP contribution in [0.4, 0.5) is 0 Å². The van der Waals surface area contributed by atoms with E-state index in [1.807, 2.05) is 0 Å². The molecule has 0 atom stereocenters. The number of hydrogen-bond donors (Lipinski definition) is 2. The van der Waals surface area contributed by atoms with Crippen LogP contribution in [0, 0.1) is 23.7 Å². The smallest absolute Gasteiger partial charge is 0.120 e. The number of pyridine rings is 1. The predicted molar refractivity (Wildman–Crippen MR) is 70.6 cm³/mol. The average molecular weight is 243 g/mol. The van der Waals surface area contributed by atoms with Crippen LogP contribution in [0.1, 0.15) is 39.1 Å². The van der Waals surface area contributed by atoms with Gasteiger partial charge in [0.2, 0.25) is 0 Å². The van der Waals surface area contributed by atoms with Gasteiger partial charge in [-0.25, -0.2) is 4.98 Å². The Kier molecular flexibility index (Phi) is 4.14. The molecule has 1 heterocycles. The molecule has 3 nitrogen and oxygen atoms in total. The maximum atomic E-state index is 9.50. The zero-order valence-corrected chi connectivity index (χ0v) is 11.1. The third-order valence-corrected chi connectivity index (χ3v) is 1.74. The van der Waals surface area contributed by atoms with Crippen LogP contribution in [0.15, 0.2) is 18.2 Å². The van der Waals surface area contributed by atoms with Gasteiger partial charge in [0.05, 0.1) is 0 Å². The van der Waals surface area contributed by atoms with Crippen molar-refractivity contribution in [2.24, 2.45) is 0 Å². The third-order valence-electron chi connectivity index (χ3n) is 1.74. The lowest BCUT2D eigenvalue weighted by Gasteiger charge is -2.06. The minimum atomic E-state index is -1.05. The third kappa shape index (κ3) is 6.06.